The molecule has 3 rings (SSSR count). The fourth-order valence-electron chi connectivity index (χ4n) is 2.87. The summed E-state index contributed by atoms with van der Waals surface area (Å²) in [5, 5.41) is 9.64. The van der Waals surface area contributed by atoms with Gasteiger partial charge in [-0.1, -0.05) is 65.0 Å². The minimum Gasteiger partial charge on any atom is -0.354 e. The Morgan fingerprint density at radius 2 is 1.96 bits per heavy atom. The van der Waals surface area contributed by atoms with Crippen molar-refractivity contribution in [2.45, 2.75) is 12.6 Å². The summed E-state index contributed by atoms with van der Waals surface area (Å²) in [6.45, 7) is 4.48. The number of thiocarbonyl (C=S) groups is 1. The van der Waals surface area contributed by atoms with Crippen molar-refractivity contribution in [3.8, 4) is 0 Å². The quantitative estimate of drug-likeness (QED) is 0.669. The lowest BCUT2D eigenvalue weighted by Gasteiger charge is -2.35. The summed E-state index contributed by atoms with van der Waals surface area (Å²) in [6.07, 6.45) is 0. The Morgan fingerprint density at radius 3 is 2.68 bits per heavy atom. The number of rotatable bonds is 4. The topological polar surface area (TPSA) is 53.2 Å². The fourth-order valence-corrected chi connectivity index (χ4v) is 3.54. The van der Waals surface area contributed by atoms with Crippen molar-refractivity contribution in [2.24, 2.45) is 5.92 Å². The average Bonchev–Trinajstić information content (AvgIpc) is 2.60. The first-order chi connectivity index (χ1) is 12.0. The van der Waals surface area contributed by atoms with Crippen molar-refractivity contribution in [1.82, 2.24) is 16.0 Å². The lowest BCUT2D eigenvalue weighted by atomic mass is 9.88. The SMILES string of the molecule is C=C1NC(=S)N[C@H](c2cccc(Br)c2)[C@@H]1C(=O)NCc1ccccc1. The van der Waals surface area contributed by atoms with E-state index in [1.807, 2.05) is 54.6 Å². The highest BCUT2D eigenvalue weighted by atomic mass is 79.9. The van der Waals surface area contributed by atoms with E-state index in [-0.39, 0.29) is 11.9 Å². The van der Waals surface area contributed by atoms with E-state index < -0.39 is 5.92 Å². The standard InChI is InChI=1S/C19H18BrN3OS/c1-12-16(18(24)21-11-13-6-3-2-4-7-13)17(23-19(25)22-12)14-8-5-9-15(20)10-14/h2-10,16-17H,1,11H2,(H,21,24)(H2,22,23,25)/t16-,17-/m1/s1. The van der Waals surface area contributed by atoms with Crippen LogP contribution in [0.5, 0.6) is 0 Å². The number of hydrogen-bond acceptors (Lipinski definition) is 2. The van der Waals surface area contributed by atoms with E-state index in [2.05, 4.69) is 38.5 Å². The Labute approximate surface area is 160 Å². The number of halogens is 1. The molecular formula is C19H18BrN3OS. The molecule has 2 aromatic rings. The Bertz CT molecular complexity index is 809. The molecule has 3 N–H and O–H groups in total. The van der Waals surface area contributed by atoms with E-state index in [0.29, 0.717) is 17.4 Å². The maximum absolute atomic E-state index is 12.9. The smallest absolute Gasteiger partial charge is 0.231 e. The molecule has 4 nitrogen and oxygen atoms in total. The molecule has 1 fully saturated rings. The highest BCUT2D eigenvalue weighted by molar-refractivity contribution is 9.10. The fraction of sp³-hybridized carbons (Fsp3) is 0.158. The van der Waals surface area contributed by atoms with Crippen molar-refractivity contribution in [1.29, 1.82) is 0 Å². The molecule has 0 aliphatic carbocycles. The van der Waals surface area contributed by atoms with Gasteiger partial charge in [0.15, 0.2) is 5.11 Å². The van der Waals surface area contributed by atoms with Crippen molar-refractivity contribution >= 4 is 39.2 Å². The molecule has 6 heteroatoms. The van der Waals surface area contributed by atoms with E-state index in [1.165, 1.54) is 0 Å². The van der Waals surface area contributed by atoms with Gasteiger partial charge in [-0.25, -0.2) is 0 Å². The summed E-state index contributed by atoms with van der Waals surface area (Å²) in [4.78, 5) is 12.9. The predicted molar refractivity (Wildman–Crippen MR) is 107 cm³/mol. The van der Waals surface area contributed by atoms with E-state index in [1.54, 1.807) is 0 Å². The van der Waals surface area contributed by atoms with Crippen molar-refractivity contribution in [2.75, 3.05) is 0 Å². The van der Waals surface area contributed by atoms with Gasteiger partial charge in [0.25, 0.3) is 0 Å². The molecule has 0 saturated carbocycles. The zero-order valence-corrected chi connectivity index (χ0v) is 15.9. The molecule has 1 aliphatic heterocycles. The molecule has 128 valence electrons. The number of hydrogen-bond donors (Lipinski definition) is 3. The molecule has 0 bridgehead atoms. The molecule has 0 radical (unpaired) electrons. The van der Waals surface area contributed by atoms with Crippen LogP contribution in [0.15, 0.2) is 71.3 Å². The molecule has 1 aliphatic rings. The first-order valence-corrected chi connectivity index (χ1v) is 9.08. The van der Waals surface area contributed by atoms with Crippen LogP contribution in [0.1, 0.15) is 17.2 Å². The summed E-state index contributed by atoms with van der Waals surface area (Å²) in [7, 11) is 0. The normalized spacial score (nSPS) is 19.7. The van der Waals surface area contributed by atoms with Crippen LogP contribution in [0.25, 0.3) is 0 Å². The molecule has 0 aromatic heterocycles. The van der Waals surface area contributed by atoms with E-state index >= 15 is 0 Å². The molecule has 1 heterocycles. The average molecular weight is 416 g/mol. The Morgan fingerprint density at radius 1 is 1.20 bits per heavy atom. The third kappa shape index (κ3) is 4.27. The Hall–Kier alpha value is -2.18. The molecule has 1 amide bonds. The second kappa shape index (κ2) is 7.80. The van der Waals surface area contributed by atoms with Gasteiger partial charge in [0.2, 0.25) is 5.91 Å². The van der Waals surface area contributed by atoms with Crippen LogP contribution < -0.4 is 16.0 Å². The maximum Gasteiger partial charge on any atom is 0.231 e. The maximum atomic E-state index is 12.9. The van der Waals surface area contributed by atoms with E-state index in [0.717, 1.165) is 15.6 Å². The summed E-state index contributed by atoms with van der Waals surface area (Å²) in [6, 6.07) is 17.4. The summed E-state index contributed by atoms with van der Waals surface area (Å²) in [5.74, 6) is -0.564. The van der Waals surface area contributed by atoms with Crippen LogP contribution in [0.2, 0.25) is 0 Å². The molecule has 0 unspecified atom stereocenters. The lowest BCUT2D eigenvalue weighted by molar-refractivity contribution is -0.125. The largest absolute Gasteiger partial charge is 0.354 e. The molecule has 25 heavy (non-hydrogen) atoms. The minimum atomic E-state index is -0.468. The highest BCUT2D eigenvalue weighted by Crippen LogP contribution is 2.31. The predicted octanol–water partition coefficient (Wildman–Crippen LogP) is 3.41. The molecule has 2 aromatic carbocycles. The number of amides is 1. The third-order valence-corrected chi connectivity index (χ3v) is 4.78. The van der Waals surface area contributed by atoms with Gasteiger partial charge >= 0.3 is 0 Å². The lowest BCUT2D eigenvalue weighted by Crippen LogP contribution is -2.52. The summed E-state index contributed by atoms with van der Waals surface area (Å²) in [5.41, 5.74) is 2.62. The first-order valence-electron chi connectivity index (χ1n) is 7.88. The van der Waals surface area contributed by atoms with Gasteiger partial charge in [-0.15, -0.1) is 0 Å². The van der Waals surface area contributed by atoms with Crippen LogP contribution in [-0.2, 0) is 11.3 Å². The van der Waals surface area contributed by atoms with Gasteiger partial charge < -0.3 is 16.0 Å². The molecule has 1 saturated heterocycles. The molecule has 2 atom stereocenters. The highest BCUT2D eigenvalue weighted by Gasteiger charge is 2.36. The monoisotopic (exact) mass is 415 g/mol. The van der Waals surface area contributed by atoms with Crippen LogP contribution in [0.3, 0.4) is 0 Å². The second-order valence-corrected chi connectivity index (χ2v) is 7.16. The van der Waals surface area contributed by atoms with Gasteiger partial charge in [0.05, 0.1) is 6.04 Å². The number of benzene rings is 2. The van der Waals surface area contributed by atoms with Gasteiger partial charge in [-0.2, -0.15) is 0 Å². The number of carbonyl (C=O) groups is 1. The number of carbonyl (C=O) groups excluding carboxylic acids is 1. The van der Waals surface area contributed by atoms with Crippen LogP contribution in [0, 0.1) is 5.92 Å². The summed E-state index contributed by atoms with van der Waals surface area (Å²) >= 11 is 8.72. The van der Waals surface area contributed by atoms with Crippen molar-refractivity contribution < 1.29 is 4.79 Å². The second-order valence-electron chi connectivity index (χ2n) is 5.84. The zero-order valence-electron chi connectivity index (χ0n) is 13.5. The van der Waals surface area contributed by atoms with Crippen LogP contribution in [-0.4, -0.2) is 11.0 Å². The Balaban J connectivity index is 1.81. The van der Waals surface area contributed by atoms with Crippen LogP contribution in [0.4, 0.5) is 0 Å². The summed E-state index contributed by atoms with van der Waals surface area (Å²) < 4.78 is 0.949. The minimum absolute atomic E-state index is 0.0960. The molecular weight excluding hydrogens is 398 g/mol. The van der Waals surface area contributed by atoms with E-state index in [9.17, 15) is 4.79 Å². The van der Waals surface area contributed by atoms with Crippen molar-refractivity contribution in [3.63, 3.8) is 0 Å². The first kappa shape index (κ1) is 17.6. The van der Waals surface area contributed by atoms with Crippen molar-refractivity contribution in [3.05, 3.63) is 82.5 Å². The zero-order chi connectivity index (χ0) is 17.8. The van der Waals surface area contributed by atoms with Gasteiger partial charge in [-0.3, -0.25) is 4.79 Å². The van der Waals surface area contributed by atoms with Gasteiger partial charge in [0.1, 0.15) is 5.92 Å². The third-order valence-electron chi connectivity index (χ3n) is 4.07. The number of nitrogens with one attached hydrogen (secondary N) is 3. The van der Waals surface area contributed by atoms with Crippen LogP contribution >= 0.6 is 28.1 Å². The Kier molecular flexibility index (Phi) is 5.50. The van der Waals surface area contributed by atoms with Gasteiger partial charge in [0, 0.05) is 16.7 Å². The van der Waals surface area contributed by atoms with E-state index in [4.69, 9.17) is 12.2 Å². The molecule has 0 spiro atoms. The van der Waals surface area contributed by atoms with Gasteiger partial charge in [-0.05, 0) is 35.5 Å².